The zero-order valence-electron chi connectivity index (χ0n) is 13.3. The van der Waals surface area contributed by atoms with Gasteiger partial charge in [0.1, 0.15) is 5.78 Å². The van der Waals surface area contributed by atoms with Crippen molar-refractivity contribution in [3.63, 3.8) is 0 Å². The second kappa shape index (κ2) is 8.23. The van der Waals surface area contributed by atoms with Crippen molar-refractivity contribution in [1.82, 2.24) is 4.90 Å². The molecular weight excluding hydrogens is 338 g/mol. The van der Waals surface area contributed by atoms with Gasteiger partial charge in [-0.15, -0.1) is 0 Å². The zero-order valence-corrected chi connectivity index (χ0v) is 14.2. The predicted molar refractivity (Wildman–Crippen MR) is 85.9 cm³/mol. The molecule has 8 heteroatoms. The van der Waals surface area contributed by atoms with Gasteiger partial charge in [0.25, 0.3) is 11.8 Å². The molecule has 5 nitrogen and oxygen atoms in total. The van der Waals surface area contributed by atoms with Gasteiger partial charge in [-0.05, 0) is 25.5 Å². The summed E-state index contributed by atoms with van der Waals surface area (Å²) in [6.45, 7) is 2.00. The van der Waals surface area contributed by atoms with Gasteiger partial charge >= 0.3 is 11.5 Å². The fraction of sp³-hybridized carbons (Fsp3) is 0.438. The van der Waals surface area contributed by atoms with Crippen LogP contribution in [-0.4, -0.2) is 46.1 Å². The number of carbonyl (C=O) groups is 3. The maximum atomic E-state index is 12.6. The number of nitrogens with zero attached hydrogens (tertiary/aromatic N) is 2. The Bertz CT molecular complexity index is 667. The van der Waals surface area contributed by atoms with Gasteiger partial charge in [-0.3, -0.25) is 19.3 Å². The molecule has 0 aromatic heterocycles. The molecule has 1 aliphatic rings. The van der Waals surface area contributed by atoms with Gasteiger partial charge < -0.3 is 0 Å². The van der Waals surface area contributed by atoms with Crippen LogP contribution in [-0.2, 0) is 16.3 Å². The number of ketones is 1. The second-order valence-corrected chi connectivity index (χ2v) is 6.33. The Morgan fingerprint density at radius 3 is 2.21 bits per heavy atom. The molecule has 24 heavy (non-hydrogen) atoms. The van der Waals surface area contributed by atoms with Crippen LogP contribution in [0.4, 0.5) is 7.77 Å². The van der Waals surface area contributed by atoms with E-state index in [1.54, 1.807) is 31.2 Å². The van der Waals surface area contributed by atoms with E-state index in [2.05, 4.69) is 0 Å². The molecule has 0 atom stereocenters. The molecule has 130 valence electrons. The lowest BCUT2D eigenvalue weighted by molar-refractivity contribution is -0.502. The minimum Gasteiger partial charge on any atom is -0.299 e. The zero-order chi connectivity index (χ0) is 17.7. The molecule has 0 N–H and O–H groups in total. The van der Waals surface area contributed by atoms with E-state index in [4.69, 9.17) is 0 Å². The van der Waals surface area contributed by atoms with E-state index in [1.807, 2.05) is 0 Å². The summed E-state index contributed by atoms with van der Waals surface area (Å²) >= 11 is -2.83. The Morgan fingerprint density at radius 2 is 1.71 bits per heavy atom. The highest BCUT2D eigenvalue weighted by atomic mass is 32.2. The van der Waals surface area contributed by atoms with E-state index in [0.29, 0.717) is 17.5 Å². The lowest BCUT2D eigenvalue weighted by Gasteiger charge is -2.13. The SMILES string of the molecule is CC[N+](CCC(=O)CCCN1C(=O)c2ccccc2C1=O)=S(F)F. The summed E-state index contributed by atoms with van der Waals surface area (Å²) in [5, 5.41) is 0. The Morgan fingerprint density at radius 1 is 1.12 bits per heavy atom. The maximum absolute atomic E-state index is 12.6. The Hall–Kier alpha value is -1.96. The molecule has 1 heterocycles. The molecule has 1 aliphatic heterocycles. The van der Waals surface area contributed by atoms with E-state index in [-0.39, 0.29) is 50.1 Å². The molecule has 0 saturated heterocycles. The first-order valence-electron chi connectivity index (χ1n) is 7.74. The number of Topliss-reactive ketones (excluding diaryl/α,β-unsaturated/α-hetero) is 1. The number of hydrogen-bond donors (Lipinski definition) is 0. The van der Waals surface area contributed by atoms with Crippen molar-refractivity contribution in [3.8, 4) is 0 Å². The largest absolute Gasteiger partial charge is 0.423 e. The predicted octanol–water partition coefficient (Wildman–Crippen LogP) is 2.63. The highest BCUT2D eigenvalue weighted by Gasteiger charge is 2.34. The normalized spacial score (nSPS) is 13.6. The third kappa shape index (κ3) is 4.11. The summed E-state index contributed by atoms with van der Waals surface area (Å²) in [5.41, 5.74) is 0.760. The molecule has 0 unspecified atom stereocenters. The summed E-state index contributed by atoms with van der Waals surface area (Å²) in [7, 11) is 0. The lowest BCUT2D eigenvalue weighted by Crippen LogP contribution is -2.31. The monoisotopic (exact) mass is 357 g/mol. The molecule has 2 amide bonds. The standard InChI is InChI=1S/C16H19F2N2O3S/c1-2-19(24(17)18)11-9-12(21)6-5-10-20-15(22)13-7-3-4-8-14(13)16(20)23/h3-4,7-8H,2,5-6,9-11H2,1H3/q+1. The van der Waals surface area contributed by atoms with E-state index >= 15 is 0 Å². The summed E-state index contributed by atoms with van der Waals surface area (Å²) in [6.07, 6.45) is 0.554. The van der Waals surface area contributed by atoms with E-state index in [1.165, 1.54) is 0 Å². The summed E-state index contributed by atoms with van der Waals surface area (Å²) < 4.78 is 26.1. The van der Waals surface area contributed by atoms with Gasteiger partial charge in [-0.2, -0.15) is 3.95 Å². The maximum Gasteiger partial charge on any atom is 0.423 e. The van der Waals surface area contributed by atoms with Crippen molar-refractivity contribution >= 4 is 29.1 Å². The number of imide groups is 1. The fourth-order valence-corrected chi connectivity index (χ4v) is 3.00. The van der Waals surface area contributed by atoms with Gasteiger partial charge in [0, 0.05) is 13.0 Å². The van der Waals surface area contributed by atoms with Gasteiger partial charge in [0.2, 0.25) is 0 Å². The fourth-order valence-electron chi connectivity index (χ4n) is 2.58. The van der Waals surface area contributed by atoms with Crippen molar-refractivity contribution in [2.75, 3.05) is 19.6 Å². The molecule has 0 bridgehead atoms. The number of rotatable bonds is 8. The van der Waals surface area contributed by atoms with Crippen molar-refractivity contribution in [2.24, 2.45) is 0 Å². The smallest absolute Gasteiger partial charge is 0.299 e. The Kier molecular flexibility index (Phi) is 6.30. The molecule has 2 rings (SSSR count). The molecule has 0 saturated carbocycles. The van der Waals surface area contributed by atoms with Crippen molar-refractivity contribution in [1.29, 1.82) is 0 Å². The average molecular weight is 357 g/mol. The van der Waals surface area contributed by atoms with Crippen LogP contribution in [0.1, 0.15) is 46.9 Å². The molecule has 1 aromatic carbocycles. The Labute approximate surface area is 141 Å². The first-order valence-corrected chi connectivity index (χ1v) is 8.72. The number of benzene rings is 1. The minimum atomic E-state index is -2.83. The molecule has 0 aliphatic carbocycles. The highest BCUT2D eigenvalue weighted by molar-refractivity contribution is 7.74. The van der Waals surface area contributed by atoms with Crippen LogP contribution in [0.25, 0.3) is 0 Å². The van der Waals surface area contributed by atoms with Crippen LogP contribution < -0.4 is 0 Å². The first kappa shape index (κ1) is 18.4. The number of amides is 2. The van der Waals surface area contributed by atoms with Crippen LogP contribution >= 0.6 is 0 Å². The summed E-state index contributed by atoms with van der Waals surface area (Å²) in [6, 6.07) is 6.59. The van der Waals surface area contributed by atoms with Gasteiger partial charge in [0.15, 0.2) is 13.1 Å². The summed E-state index contributed by atoms with van der Waals surface area (Å²) in [4.78, 5) is 37.2. The van der Waals surface area contributed by atoms with Gasteiger partial charge in [0.05, 0.1) is 17.5 Å². The highest BCUT2D eigenvalue weighted by Crippen LogP contribution is 2.22. The first-order chi connectivity index (χ1) is 11.5. The van der Waals surface area contributed by atoms with Crippen LogP contribution in [0.15, 0.2) is 24.3 Å². The van der Waals surface area contributed by atoms with Crippen molar-refractivity contribution in [2.45, 2.75) is 26.2 Å². The van der Waals surface area contributed by atoms with E-state index in [0.717, 1.165) is 8.85 Å². The van der Waals surface area contributed by atoms with Crippen LogP contribution in [0.3, 0.4) is 0 Å². The van der Waals surface area contributed by atoms with E-state index in [9.17, 15) is 22.2 Å². The van der Waals surface area contributed by atoms with Crippen LogP contribution in [0.2, 0.25) is 0 Å². The third-order valence-electron chi connectivity index (χ3n) is 3.90. The quantitative estimate of drug-likeness (QED) is 0.531. The number of carbonyl (C=O) groups excluding carboxylic acids is 3. The number of fused-ring (bicyclic) bond motifs is 1. The molecule has 0 spiro atoms. The van der Waals surface area contributed by atoms with Crippen molar-refractivity contribution < 1.29 is 26.1 Å². The second-order valence-electron chi connectivity index (χ2n) is 5.42. The molecular formula is C16H19F2N2O3S+. The van der Waals surface area contributed by atoms with E-state index < -0.39 is 11.5 Å². The van der Waals surface area contributed by atoms with Crippen LogP contribution in [0.5, 0.6) is 0 Å². The van der Waals surface area contributed by atoms with Gasteiger partial charge in [-0.1, -0.05) is 19.9 Å². The number of halogens is 2. The average Bonchev–Trinajstić information content (AvgIpc) is 2.80. The van der Waals surface area contributed by atoms with Crippen molar-refractivity contribution in [3.05, 3.63) is 35.4 Å². The number of hydrogen-bond acceptors (Lipinski definition) is 3. The molecule has 1 aromatic rings. The minimum absolute atomic E-state index is 0.0263. The third-order valence-corrected chi connectivity index (χ3v) is 4.73. The molecule has 0 fully saturated rings. The topological polar surface area (TPSA) is 57.5 Å². The van der Waals surface area contributed by atoms with Crippen LogP contribution in [0, 0.1) is 0 Å². The Balaban J connectivity index is 1.81. The van der Waals surface area contributed by atoms with Gasteiger partial charge in [-0.25, -0.2) is 0 Å². The summed E-state index contributed by atoms with van der Waals surface area (Å²) in [5.74, 6) is -0.839. The molecule has 0 radical (unpaired) electrons. The lowest BCUT2D eigenvalue weighted by atomic mass is 10.1.